The van der Waals surface area contributed by atoms with Crippen molar-refractivity contribution in [2.24, 2.45) is 5.73 Å². The fraction of sp³-hybridized carbons (Fsp3) is 0.875. The van der Waals surface area contributed by atoms with E-state index in [1.54, 1.807) is 0 Å². The zero-order valence-corrected chi connectivity index (χ0v) is 7.95. The van der Waals surface area contributed by atoms with Gasteiger partial charge in [-0.2, -0.15) is 0 Å². The SMILES string of the molecule is BCCCC1OCC[C@@]1(N)C(=O)O. The number of hydrogen-bond acceptors (Lipinski definition) is 3. The summed E-state index contributed by atoms with van der Waals surface area (Å²) in [5.74, 6) is -0.939. The van der Waals surface area contributed by atoms with Crippen LogP contribution in [0.15, 0.2) is 0 Å². The summed E-state index contributed by atoms with van der Waals surface area (Å²) in [6.07, 6.45) is 2.88. The van der Waals surface area contributed by atoms with E-state index in [-0.39, 0.29) is 6.10 Å². The fourth-order valence-electron chi connectivity index (χ4n) is 1.65. The van der Waals surface area contributed by atoms with Crippen LogP contribution in [0.2, 0.25) is 6.32 Å². The number of ether oxygens (including phenoxy) is 1. The van der Waals surface area contributed by atoms with E-state index in [0.29, 0.717) is 13.0 Å². The fourth-order valence-corrected chi connectivity index (χ4v) is 1.65. The maximum atomic E-state index is 10.9. The van der Waals surface area contributed by atoms with Gasteiger partial charge in [0.2, 0.25) is 0 Å². The molecular formula is C8H16BNO3. The number of carboxylic acids is 1. The molecule has 1 aliphatic rings. The molecule has 1 fully saturated rings. The summed E-state index contributed by atoms with van der Waals surface area (Å²) < 4.78 is 5.33. The zero-order chi connectivity index (χ0) is 9.90. The number of rotatable bonds is 4. The quantitative estimate of drug-likeness (QED) is 0.573. The van der Waals surface area contributed by atoms with Gasteiger partial charge in [0.25, 0.3) is 0 Å². The summed E-state index contributed by atoms with van der Waals surface area (Å²) in [5, 5.41) is 8.94. The summed E-state index contributed by atoms with van der Waals surface area (Å²) in [6.45, 7) is 0.469. The molecule has 1 aliphatic heterocycles. The van der Waals surface area contributed by atoms with Crippen LogP contribution < -0.4 is 5.73 Å². The molecule has 2 atom stereocenters. The van der Waals surface area contributed by atoms with E-state index in [2.05, 4.69) is 7.85 Å². The molecule has 0 aromatic carbocycles. The third kappa shape index (κ3) is 2.03. The Morgan fingerprint density at radius 3 is 3.00 bits per heavy atom. The van der Waals surface area contributed by atoms with E-state index in [9.17, 15) is 4.79 Å². The zero-order valence-electron chi connectivity index (χ0n) is 7.95. The number of aliphatic carboxylic acids is 1. The second-order valence-electron chi connectivity index (χ2n) is 3.60. The maximum Gasteiger partial charge on any atom is 0.326 e. The van der Waals surface area contributed by atoms with E-state index in [4.69, 9.17) is 15.6 Å². The maximum absolute atomic E-state index is 10.9. The molecule has 1 saturated heterocycles. The highest BCUT2D eigenvalue weighted by atomic mass is 16.5. The molecule has 1 heterocycles. The van der Waals surface area contributed by atoms with Gasteiger partial charge in [-0.05, 0) is 6.42 Å². The van der Waals surface area contributed by atoms with Crippen molar-refractivity contribution in [1.82, 2.24) is 0 Å². The molecule has 0 spiro atoms. The lowest BCUT2D eigenvalue weighted by molar-refractivity contribution is -0.145. The highest BCUT2D eigenvalue weighted by molar-refractivity contribution is 6.08. The van der Waals surface area contributed by atoms with Gasteiger partial charge >= 0.3 is 5.97 Å². The molecule has 0 aliphatic carbocycles. The standard InChI is InChI=1S/C8H16BNO3/c9-4-1-2-6-8(10,7(11)12)3-5-13-6/h6H,1-5,9-10H2,(H,11,12)/t6?,8-/m0/s1. The Hall–Kier alpha value is -0.545. The lowest BCUT2D eigenvalue weighted by atomic mass is 9.87. The van der Waals surface area contributed by atoms with Crippen LogP contribution in [0.3, 0.4) is 0 Å². The molecule has 4 nitrogen and oxygen atoms in total. The van der Waals surface area contributed by atoms with E-state index in [1.165, 1.54) is 0 Å². The predicted molar refractivity (Wildman–Crippen MR) is 51.5 cm³/mol. The average molecular weight is 185 g/mol. The molecule has 1 unspecified atom stereocenters. The summed E-state index contributed by atoms with van der Waals surface area (Å²) >= 11 is 0. The van der Waals surface area contributed by atoms with E-state index < -0.39 is 11.5 Å². The Balaban J connectivity index is 2.57. The number of nitrogens with two attached hydrogens (primary N) is 1. The number of carbonyl (C=O) groups is 1. The van der Waals surface area contributed by atoms with Crippen LogP contribution in [0.4, 0.5) is 0 Å². The molecule has 74 valence electrons. The van der Waals surface area contributed by atoms with Crippen molar-refractivity contribution in [1.29, 1.82) is 0 Å². The van der Waals surface area contributed by atoms with Gasteiger partial charge in [-0.15, -0.1) is 0 Å². The van der Waals surface area contributed by atoms with E-state index in [0.717, 1.165) is 19.2 Å². The monoisotopic (exact) mass is 185 g/mol. The van der Waals surface area contributed by atoms with Gasteiger partial charge < -0.3 is 15.6 Å². The van der Waals surface area contributed by atoms with Gasteiger partial charge in [-0.1, -0.05) is 12.7 Å². The summed E-state index contributed by atoms with van der Waals surface area (Å²) in [7, 11) is 2.06. The second kappa shape index (κ2) is 4.11. The summed E-state index contributed by atoms with van der Waals surface area (Å²) in [6, 6.07) is 0. The van der Waals surface area contributed by atoms with Crippen molar-refractivity contribution in [3.8, 4) is 0 Å². The molecule has 0 bridgehead atoms. The van der Waals surface area contributed by atoms with Crippen molar-refractivity contribution in [3.05, 3.63) is 0 Å². The molecule has 0 aromatic heterocycles. The Morgan fingerprint density at radius 1 is 1.77 bits per heavy atom. The predicted octanol–water partition coefficient (Wildman–Crippen LogP) is -0.611. The Morgan fingerprint density at radius 2 is 2.46 bits per heavy atom. The molecule has 0 saturated carbocycles. The van der Waals surface area contributed by atoms with Gasteiger partial charge in [-0.3, -0.25) is 4.79 Å². The lowest BCUT2D eigenvalue weighted by Crippen LogP contribution is -2.54. The van der Waals surface area contributed by atoms with Crippen molar-refractivity contribution in [3.63, 3.8) is 0 Å². The van der Waals surface area contributed by atoms with Crippen LogP contribution in [0.5, 0.6) is 0 Å². The average Bonchev–Trinajstić information content (AvgIpc) is 2.45. The molecule has 0 aromatic rings. The normalized spacial score (nSPS) is 33.5. The van der Waals surface area contributed by atoms with E-state index in [1.807, 2.05) is 0 Å². The third-order valence-electron chi connectivity index (χ3n) is 2.63. The second-order valence-corrected chi connectivity index (χ2v) is 3.60. The highest BCUT2D eigenvalue weighted by Gasteiger charge is 2.46. The largest absolute Gasteiger partial charge is 0.480 e. The van der Waals surface area contributed by atoms with Gasteiger partial charge in [0.15, 0.2) is 0 Å². The molecule has 0 amide bonds. The van der Waals surface area contributed by atoms with Crippen molar-refractivity contribution < 1.29 is 14.6 Å². The Labute approximate surface area is 78.8 Å². The molecule has 1 rings (SSSR count). The third-order valence-corrected chi connectivity index (χ3v) is 2.63. The van der Waals surface area contributed by atoms with Crippen molar-refractivity contribution in [2.75, 3.05) is 6.61 Å². The van der Waals surface area contributed by atoms with Crippen LogP contribution in [0, 0.1) is 0 Å². The minimum atomic E-state index is -1.14. The molecule has 0 radical (unpaired) electrons. The Bertz CT molecular complexity index is 200. The lowest BCUT2D eigenvalue weighted by Gasteiger charge is -2.24. The topological polar surface area (TPSA) is 72.5 Å². The van der Waals surface area contributed by atoms with Crippen LogP contribution >= 0.6 is 0 Å². The smallest absolute Gasteiger partial charge is 0.326 e. The van der Waals surface area contributed by atoms with Gasteiger partial charge in [0.05, 0.1) is 6.10 Å². The van der Waals surface area contributed by atoms with Gasteiger partial charge in [0, 0.05) is 13.0 Å². The minimum absolute atomic E-state index is 0.301. The summed E-state index contributed by atoms with van der Waals surface area (Å²) in [4.78, 5) is 10.9. The first-order valence-corrected chi connectivity index (χ1v) is 4.75. The van der Waals surface area contributed by atoms with Gasteiger partial charge in [-0.25, -0.2) is 0 Å². The van der Waals surface area contributed by atoms with Gasteiger partial charge in [0.1, 0.15) is 13.4 Å². The molecule has 13 heavy (non-hydrogen) atoms. The molecular weight excluding hydrogens is 169 g/mol. The van der Waals surface area contributed by atoms with Crippen LogP contribution in [-0.2, 0) is 9.53 Å². The minimum Gasteiger partial charge on any atom is -0.480 e. The van der Waals surface area contributed by atoms with Crippen LogP contribution in [-0.4, -0.2) is 37.2 Å². The first kappa shape index (κ1) is 10.5. The number of hydrogen-bond donors (Lipinski definition) is 2. The molecule has 3 N–H and O–H groups in total. The van der Waals surface area contributed by atoms with E-state index >= 15 is 0 Å². The van der Waals surface area contributed by atoms with Crippen LogP contribution in [0.25, 0.3) is 0 Å². The summed E-state index contributed by atoms with van der Waals surface area (Å²) in [5.41, 5.74) is 4.62. The van der Waals surface area contributed by atoms with Crippen molar-refractivity contribution >= 4 is 13.8 Å². The first-order chi connectivity index (χ1) is 6.11. The Kier molecular flexibility index (Phi) is 3.33. The van der Waals surface area contributed by atoms with Crippen molar-refractivity contribution in [2.45, 2.75) is 37.2 Å². The van der Waals surface area contributed by atoms with Crippen LogP contribution in [0.1, 0.15) is 19.3 Å². The first-order valence-electron chi connectivity index (χ1n) is 4.75. The number of carboxylic acid groups (broad SMARTS) is 1. The highest BCUT2D eigenvalue weighted by Crippen LogP contribution is 2.27. The molecule has 5 heteroatoms.